The molecule has 1 amide bonds. The molecule has 108 valence electrons. The minimum Gasteiger partial charge on any atom is -0.311 e. The molecule has 3 nitrogen and oxygen atoms in total. The second-order valence-electron chi connectivity index (χ2n) is 5.24. The summed E-state index contributed by atoms with van der Waals surface area (Å²) in [5.41, 5.74) is 2.92. The van der Waals surface area contributed by atoms with E-state index in [1.54, 1.807) is 18.3 Å². The molecule has 4 heteroatoms. The van der Waals surface area contributed by atoms with E-state index in [0.717, 1.165) is 36.3 Å². The third kappa shape index (κ3) is 3.10. The molecular weight excluding hydrogens is 267 g/mol. The fourth-order valence-corrected chi connectivity index (χ4v) is 2.69. The standard InChI is InChI=1S/C17H17FN2O/c18-14-8-5-13(6-9-14)7-10-17(21)20-12-2-3-15-16(20)4-1-11-19-15/h1,4-6,8-9,11H,2-3,7,10,12H2. The Labute approximate surface area is 123 Å². The average Bonchev–Trinajstić information content (AvgIpc) is 2.53. The minimum atomic E-state index is -0.249. The first-order valence-electron chi connectivity index (χ1n) is 7.23. The van der Waals surface area contributed by atoms with Crippen molar-refractivity contribution in [1.82, 2.24) is 4.98 Å². The van der Waals surface area contributed by atoms with Gasteiger partial charge in [0.1, 0.15) is 5.82 Å². The van der Waals surface area contributed by atoms with Gasteiger partial charge in [0.15, 0.2) is 0 Å². The summed E-state index contributed by atoms with van der Waals surface area (Å²) in [4.78, 5) is 18.6. The average molecular weight is 284 g/mol. The predicted molar refractivity (Wildman–Crippen MR) is 79.6 cm³/mol. The van der Waals surface area contributed by atoms with E-state index in [9.17, 15) is 9.18 Å². The number of anilines is 1. The molecule has 0 fully saturated rings. The van der Waals surface area contributed by atoms with Gasteiger partial charge in [-0.05, 0) is 49.1 Å². The topological polar surface area (TPSA) is 33.2 Å². The number of benzene rings is 1. The maximum Gasteiger partial charge on any atom is 0.227 e. The quantitative estimate of drug-likeness (QED) is 0.867. The van der Waals surface area contributed by atoms with Gasteiger partial charge in [0.25, 0.3) is 0 Å². The van der Waals surface area contributed by atoms with Crippen molar-refractivity contribution in [1.29, 1.82) is 0 Å². The van der Waals surface area contributed by atoms with Crippen molar-refractivity contribution >= 4 is 11.6 Å². The zero-order chi connectivity index (χ0) is 14.7. The Bertz CT molecular complexity index is 639. The first-order valence-corrected chi connectivity index (χ1v) is 7.23. The number of fused-ring (bicyclic) bond motifs is 1. The van der Waals surface area contributed by atoms with Gasteiger partial charge in [0.2, 0.25) is 5.91 Å². The monoisotopic (exact) mass is 284 g/mol. The van der Waals surface area contributed by atoms with Crippen LogP contribution in [0.2, 0.25) is 0 Å². The maximum atomic E-state index is 12.9. The van der Waals surface area contributed by atoms with Crippen LogP contribution in [0.3, 0.4) is 0 Å². The van der Waals surface area contributed by atoms with Gasteiger partial charge >= 0.3 is 0 Å². The van der Waals surface area contributed by atoms with Crippen molar-refractivity contribution in [2.75, 3.05) is 11.4 Å². The number of hydrogen-bond donors (Lipinski definition) is 0. The number of carbonyl (C=O) groups excluding carboxylic acids is 1. The Kier molecular flexibility index (Phi) is 3.95. The summed E-state index contributed by atoms with van der Waals surface area (Å²) in [5, 5.41) is 0. The molecule has 2 heterocycles. The second kappa shape index (κ2) is 6.04. The van der Waals surface area contributed by atoms with E-state index in [1.165, 1.54) is 12.1 Å². The number of aromatic nitrogens is 1. The lowest BCUT2D eigenvalue weighted by molar-refractivity contribution is -0.118. The molecule has 3 rings (SSSR count). The second-order valence-corrected chi connectivity index (χ2v) is 5.24. The highest BCUT2D eigenvalue weighted by atomic mass is 19.1. The number of amides is 1. The normalized spacial score (nSPS) is 13.9. The van der Waals surface area contributed by atoms with Crippen LogP contribution >= 0.6 is 0 Å². The Morgan fingerprint density at radius 1 is 1.24 bits per heavy atom. The Morgan fingerprint density at radius 3 is 2.86 bits per heavy atom. The maximum absolute atomic E-state index is 12.9. The molecule has 1 aromatic heterocycles. The minimum absolute atomic E-state index is 0.105. The lowest BCUT2D eigenvalue weighted by atomic mass is 10.1. The van der Waals surface area contributed by atoms with E-state index in [4.69, 9.17) is 0 Å². The Morgan fingerprint density at radius 2 is 2.05 bits per heavy atom. The highest BCUT2D eigenvalue weighted by Gasteiger charge is 2.22. The van der Waals surface area contributed by atoms with Gasteiger partial charge in [-0.15, -0.1) is 0 Å². The van der Waals surface area contributed by atoms with E-state index in [1.807, 2.05) is 17.0 Å². The van der Waals surface area contributed by atoms with Crippen molar-refractivity contribution in [2.45, 2.75) is 25.7 Å². The molecular formula is C17H17FN2O. The third-order valence-electron chi connectivity index (χ3n) is 3.79. The molecule has 0 aliphatic carbocycles. The SMILES string of the molecule is O=C(CCc1ccc(F)cc1)N1CCCc2ncccc21. The van der Waals surface area contributed by atoms with Crippen molar-refractivity contribution < 1.29 is 9.18 Å². The van der Waals surface area contributed by atoms with Crippen LogP contribution in [0.15, 0.2) is 42.6 Å². The molecule has 0 N–H and O–H groups in total. The van der Waals surface area contributed by atoms with Crippen LogP contribution < -0.4 is 4.90 Å². The molecule has 1 aliphatic heterocycles. The predicted octanol–water partition coefficient (Wildman–Crippen LogP) is 3.13. The first kappa shape index (κ1) is 13.7. The van der Waals surface area contributed by atoms with Crippen LogP contribution in [0.1, 0.15) is 24.1 Å². The molecule has 0 radical (unpaired) electrons. The van der Waals surface area contributed by atoms with Gasteiger partial charge in [0, 0.05) is 19.2 Å². The van der Waals surface area contributed by atoms with Crippen LogP contribution in [0, 0.1) is 5.82 Å². The van der Waals surface area contributed by atoms with E-state index in [0.29, 0.717) is 12.8 Å². The van der Waals surface area contributed by atoms with E-state index >= 15 is 0 Å². The summed E-state index contributed by atoms with van der Waals surface area (Å²) >= 11 is 0. The number of rotatable bonds is 3. The number of nitrogens with zero attached hydrogens (tertiary/aromatic N) is 2. The highest BCUT2D eigenvalue weighted by molar-refractivity contribution is 5.94. The van der Waals surface area contributed by atoms with Gasteiger partial charge < -0.3 is 4.90 Å². The largest absolute Gasteiger partial charge is 0.311 e. The number of aryl methyl sites for hydroxylation is 2. The summed E-state index contributed by atoms with van der Waals surface area (Å²) in [6.45, 7) is 0.751. The molecule has 0 unspecified atom stereocenters. The Hall–Kier alpha value is -2.23. The van der Waals surface area contributed by atoms with Crippen molar-refractivity contribution in [3.05, 3.63) is 59.7 Å². The zero-order valence-electron chi connectivity index (χ0n) is 11.8. The van der Waals surface area contributed by atoms with E-state index in [-0.39, 0.29) is 11.7 Å². The molecule has 1 aromatic carbocycles. The zero-order valence-corrected chi connectivity index (χ0v) is 11.8. The van der Waals surface area contributed by atoms with Crippen molar-refractivity contribution in [2.24, 2.45) is 0 Å². The number of halogens is 1. The lowest BCUT2D eigenvalue weighted by Gasteiger charge is -2.28. The van der Waals surface area contributed by atoms with Gasteiger partial charge in [0.05, 0.1) is 11.4 Å². The molecule has 0 saturated carbocycles. The molecule has 0 spiro atoms. The van der Waals surface area contributed by atoms with Crippen molar-refractivity contribution in [3.8, 4) is 0 Å². The summed E-state index contributed by atoms with van der Waals surface area (Å²) in [6.07, 6.45) is 4.71. The number of pyridine rings is 1. The van der Waals surface area contributed by atoms with Gasteiger partial charge in [-0.2, -0.15) is 0 Å². The highest BCUT2D eigenvalue weighted by Crippen LogP contribution is 2.25. The van der Waals surface area contributed by atoms with Crippen LogP contribution in [-0.2, 0) is 17.6 Å². The van der Waals surface area contributed by atoms with Gasteiger partial charge in [-0.25, -0.2) is 4.39 Å². The summed E-state index contributed by atoms with van der Waals surface area (Å²) in [5.74, 6) is -0.144. The van der Waals surface area contributed by atoms with E-state index < -0.39 is 0 Å². The summed E-state index contributed by atoms with van der Waals surface area (Å²) < 4.78 is 12.9. The molecule has 0 atom stereocenters. The van der Waals surface area contributed by atoms with Crippen LogP contribution in [-0.4, -0.2) is 17.4 Å². The van der Waals surface area contributed by atoms with Crippen molar-refractivity contribution in [3.63, 3.8) is 0 Å². The van der Waals surface area contributed by atoms with Gasteiger partial charge in [-0.3, -0.25) is 9.78 Å². The fourth-order valence-electron chi connectivity index (χ4n) is 2.69. The number of carbonyl (C=O) groups is 1. The summed E-state index contributed by atoms with van der Waals surface area (Å²) in [7, 11) is 0. The first-order chi connectivity index (χ1) is 10.2. The third-order valence-corrected chi connectivity index (χ3v) is 3.79. The smallest absolute Gasteiger partial charge is 0.227 e. The number of hydrogen-bond acceptors (Lipinski definition) is 2. The van der Waals surface area contributed by atoms with Crippen LogP contribution in [0.5, 0.6) is 0 Å². The molecule has 0 bridgehead atoms. The molecule has 2 aromatic rings. The van der Waals surface area contributed by atoms with Crippen LogP contribution in [0.25, 0.3) is 0 Å². The van der Waals surface area contributed by atoms with Gasteiger partial charge in [-0.1, -0.05) is 12.1 Å². The lowest BCUT2D eigenvalue weighted by Crippen LogP contribution is -2.35. The molecule has 1 aliphatic rings. The fraction of sp³-hybridized carbons (Fsp3) is 0.294. The summed E-state index contributed by atoms with van der Waals surface area (Å²) in [6, 6.07) is 10.1. The van der Waals surface area contributed by atoms with E-state index in [2.05, 4.69) is 4.98 Å². The van der Waals surface area contributed by atoms with Crippen LogP contribution in [0.4, 0.5) is 10.1 Å². The molecule has 0 saturated heterocycles. The Balaban J connectivity index is 1.68. The molecule has 21 heavy (non-hydrogen) atoms.